The molecule has 0 saturated carbocycles. The van der Waals surface area contributed by atoms with Crippen molar-refractivity contribution in [3.05, 3.63) is 33.9 Å². The third-order valence-corrected chi connectivity index (χ3v) is 3.47. The van der Waals surface area contributed by atoms with Crippen LogP contribution in [0, 0.1) is 17.0 Å². The molecule has 1 rings (SSSR count). The second-order valence-corrected chi connectivity index (χ2v) is 5.22. The molecular formula is C13H20N2O2S. The van der Waals surface area contributed by atoms with Gasteiger partial charge in [-0.1, -0.05) is 12.5 Å². The van der Waals surface area contributed by atoms with Gasteiger partial charge in [-0.2, -0.15) is 11.8 Å². The van der Waals surface area contributed by atoms with Crippen molar-refractivity contribution >= 4 is 23.1 Å². The van der Waals surface area contributed by atoms with Gasteiger partial charge in [0.2, 0.25) is 0 Å². The lowest BCUT2D eigenvalue weighted by Gasteiger charge is -2.09. The molecule has 0 aliphatic carbocycles. The van der Waals surface area contributed by atoms with Gasteiger partial charge in [0.15, 0.2) is 0 Å². The van der Waals surface area contributed by atoms with Crippen LogP contribution >= 0.6 is 11.8 Å². The zero-order valence-electron chi connectivity index (χ0n) is 10.9. The summed E-state index contributed by atoms with van der Waals surface area (Å²) in [7, 11) is 0. The molecule has 100 valence electrons. The summed E-state index contributed by atoms with van der Waals surface area (Å²) >= 11 is 1.87. The van der Waals surface area contributed by atoms with E-state index in [9.17, 15) is 10.1 Å². The van der Waals surface area contributed by atoms with Crippen molar-refractivity contribution in [3.8, 4) is 0 Å². The van der Waals surface area contributed by atoms with Gasteiger partial charge in [-0.25, -0.2) is 0 Å². The Morgan fingerprint density at radius 3 is 2.78 bits per heavy atom. The number of nitro benzene ring substituents is 1. The van der Waals surface area contributed by atoms with Crippen LogP contribution in [0.5, 0.6) is 0 Å². The number of aryl methyl sites for hydroxylation is 1. The van der Waals surface area contributed by atoms with Gasteiger partial charge in [-0.15, -0.1) is 0 Å². The fourth-order valence-corrected chi connectivity index (χ4v) is 2.18. The smallest absolute Gasteiger partial charge is 0.271 e. The first kappa shape index (κ1) is 14.8. The number of anilines is 1. The second kappa shape index (κ2) is 7.97. The van der Waals surface area contributed by atoms with E-state index in [4.69, 9.17) is 0 Å². The second-order valence-electron chi connectivity index (χ2n) is 4.24. The molecule has 1 aromatic carbocycles. The highest BCUT2D eigenvalue weighted by Gasteiger charge is 2.07. The molecule has 0 amide bonds. The fraction of sp³-hybridized carbons (Fsp3) is 0.538. The molecule has 0 spiro atoms. The highest BCUT2D eigenvalue weighted by molar-refractivity contribution is 7.98. The number of rotatable bonds is 8. The Labute approximate surface area is 112 Å². The van der Waals surface area contributed by atoms with Crippen LogP contribution < -0.4 is 5.32 Å². The summed E-state index contributed by atoms with van der Waals surface area (Å²) in [6, 6.07) is 4.93. The lowest BCUT2D eigenvalue weighted by Crippen LogP contribution is -2.03. The van der Waals surface area contributed by atoms with Crippen molar-refractivity contribution in [2.45, 2.75) is 26.2 Å². The quantitative estimate of drug-likeness (QED) is 0.442. The minimum atomic E-state index is -0.358. The van der Waals surface area contributed by atoms with Crippen molar-refractivity contribution in [1.29, 1.82) is 0 Å². The molecule has 1 N–H and O–H groups in total. The first-order valence-electron chi connectivity index (χ1n) is 6.13. The van der Waals surface area contributed by atoms with Gasteiger partial charge in [0.05, 0.1) is 4.92 Å². The number of hydrogen-bond acceptors (Lipinski definition) is 4. The minimum absolute atomic E-state index is 0.144. The van der Waals surface area contributed by atoms with Gasteiger partial charge in [-0.3, -0.25) is 10.1 Å². The average Bonchev–Trinajstić information content (AvgIpc) is 2.35. The molecule has 0 saturated heterocycles. The van der Waals surface area contributed by atoms with Gasteiger partial charge in [0.25, 0.3) is 5.69 Å². The van der Waals surface area contributed by atoms with Crippen LogP contribution in [-0.2, 0) is 0 Å². The van der Waals surface area contributed by atoms with E-state index in [1.54, 1.807) is 18.2 Å². The highest BCUT2D eigenvalue weighted by atomic mass is 32.2. The Morgan fingerprint density at radius 1 is 1.33 bits per heavy atom. The Hall–Kier alpha value is -1.23. The average molecular weight is 268 g/mol. The monoisotopic (exact) mass is 268 g/mol. The Morgan fingerprint density at radius 2 is 2.11 bits per heavy atom. The van der Waals surface area contributed by atoms with E-state index in [0.29, 0.717) is 0 Å². The topological polar surface area (TPSA) is 55.2 Å². The fourth-order valence-electron chi connectivity index (χ4n) is 1.69. The maximum absolute atomic E-state index is 10.7. The zero-order valence-corrected chi connectivity index (χ0v) is 11.8. The molecule has 4 nitrogen and oxygen atoms in total. The maximum Gasteiger partial charge on any atom is 0.271 e. The van der Waals surface area contributed by atoms with Crippen LogP contribution in [0.4, 0.5) is 11.4 Å². The summed E-state index contributed by atoms with van der Waals surface area (Å²) in [6.45, 7) is 2.83. The van der Waals surface area contributed by atoms with Crippen molar-refractivity contribution in [1.82, 2.24) is 0 Å². The number of nitrogens with zero attached hydrogens (tertiary/aromatic N) is 1. The summed E-state index contributed by atoms with van der Waals surface area (Å²) in [6.07, 6.45) is 5.64. The van der Waals surface area contributed by atoms with E-state index in [0.717, 1.165) is 24.2 Å². The lowest BCUT2D eigenvalue weighted by atomic mass is 10.1. The van der Waals surface area contributed by atoms with Crippen LogP contribution in [0.1, 0.15) is 24.8 Å². The van der Waals surface area contributed by atoms with E-state index in [-0.39, 0.29) is 10.6 Å². The standard InChI is InChI=1S/C13H20N2O2S/c1-11-6-7-12(15(16)17)10-13(11)14-8-4-3-5-9-18-2/h6-7,10,14H,3-5,8-9H2,1-2H3. The minimum Gasteiger partial charge on any atom is -0.385 e. The SMILES string of the molecule is CSCCCCCNc1cc([N+](=O)[O-])ccc1C. The number of thioether (sulfide) groups is 1. The van der Waals surface area contributed by atoms with E-state index in [2.05, 4.69) is 11.6 Å². The molecule has 5 heteroatoms. The molecule has 0 unspecified atom stereocenters. The Bertz CT molecular complexity index is 397. The number of nitro groups is 1. The molecule has 0 radical (unpaired) electrons. The van der Waals surface area contributed by atoms with Crippen molar-refractivity contribution in [3.63, 3.8) is 0 Å². The van der Waals surface area contributed by atoms with E-state index in [1.165, 1.54) is 18.6 Å². The molecular weight excluding hydrogens is 248 g/mol. The molecule has 0 aromatic heterocycles. The van der Waals surface area contributed by atoms with Gasteiger partial charge in [-0.05, 0) is 37.3 Å². The van der Waals surface area contributed by atoms with Crippen molar-refractivity contribution in [2.75, 3.05) is 23.9 Å². The van der Waals surface area contributed by atoms with E-state index in [1.807, 2.05) is 18.7 Å². The molecule has 0 fully saturated rings. The predicted molar refractivity (Wildman–Crippen MR) is 78.6 cm³/mol. The summed E-state index contributed by atoms with van der Waals surface area (Å²) in [5.41, 5.74) is 2.06. The number of non-ortho nitro benzene ring substituents is 1. The van der Waals surface area contributed by atoms with Crippen LogP contribution in [0.25, 0.3) is 0 Å². The van der Waals surface area contributed by atoms with Gasteiger partial charge >= 0.3 is 0 Å². The number of benzene rings is 1. The highest BCUT2D eigenvalue weighted by Crippen LogP contribution is 2.21. The maximum atomic E-state index is 10.7. The lowest BCUT2D eigenvalue weighted by molar-refractivity contribution is -0.384. The van der Waals surface area contributed by atoms with Gasteiger partial charge < -0.3 is 5.32 Å². The molecule has 18 heavy (non-hydrogen) atoms. The zero-order chi connectivity index (χ0) is 13.4. The molecule has 1 aromatic rings. The Kier molecular flexibility index (Phi) is 6.57. The summed E-state index contributed by atoms with van der Waals surface area (Å²) in [5, 5.41) is 14.0. The first-order valence-corrected chi connectivity index (χ1v) is 7.52. The number of unbranched alkanes of at least 4 members (excludes halogenated alkanes) is 2. The molecule has 0 aliphatic rings. The summed E-state index contributed by atoms with van der Waals surface area (Å²) in [5.74, 6) is 1.20. The van der Waals surface area contributed by atoms with Crippen LogP contribution in [0.2, 0.25) is 0 Å². The first-order chi connectivity index (χ1) is 8.65. The normalized spacial score (nSPS) is 10.3. The van der Waals surface area contributed by atoms with Crippen LogP contribution in [-0.4, -0.2) is 23.5 Å². The summed E-state index contributed by atoms with van der Waals surface area (Å²) < 4.78 is 0. The van der Waals surface area contributed by atoms with Crippen molar-refractivity contribution < 1.29 is 4.92 Å². The number of nitrogens with one attached hydrogen (secondary N) is 1. The third kappa shape index (κ3) is 4.96. The Balaban J connectivity index is 2.41. The summed E-state index contributed by atoms with van der Waals surface area (Å²) in [4.78, 5) is 10.3. The van der Waals surface area contributed by atoms with E-state index >= 15 is 0 Å². The molecule has 0 heterocycles. The van der Waals surface area contributed by atoms with Crippen molar-refractivity contribution in [2.24, 2.45) is 0 Å². The third-order valence-electron chi connectivity index (χ3n) is 2.77. The van der Waals surface area contributed by atoms with Crippen LogP contribution in [0.3, 0.4) is 0 Å². The molecule has 0 atom stereocenters. The van der Waals surface area contributed by atoms with Crippen LogP contribution in [0.15, 0.2) is 18.2 Å². The molecule has 0 aliphatic heterocycles. The largest absolute Gasteiger partial charge is 0.385 e. The molecule has 0 bridgehead atoms. The van der Waals surface area contributed by atoms with Gasteiger partial charge in [0, 0.05) is 24.4 Å². The number of hydrogen-bond donors (Lipinski definition) is 1. The van der Waals surface area contributed by atoms with Gasteiger partial charge in [0.1, 0.15) is 0 Å². The predicted octanol–water partition coefficient (Wildman–Crippen LogP) is 3.85. The van der Waals surface area contributed by atoms with E-state index < -0.39 is 0 Å².